The van der Waals surface area contributed by atoms with Gasteiger partial charge >= 0.3 is 0 Å². The molecule has 0 atom stereocenters. The first kappa shape index (κ1) is 39.2. The van der Waals surface area contributed by atoms with Gasteiger partial charge in [0, 0.05) is 55.0 Å². The predicted molar refractivity (Wildman–Crippen MR) is 281 cm³/mol. The van der Waals surface area contributed by atoms with Crippen LogP contribution in [0.5, 0.6) is 0 Å². The standard InChI is InChI=1S/C63H41N5/c1-6-20-42(21-7-1)43-34-36-47(37-35-43)62-64-61(46-26-12-4-13-27-46)65-63(66-62)48-40-52(44-22-8-2-9-23-44)60(53(41-48)45-24-10-3-11-25-45)68-55-33-19-17-31-51(55)59-57(68)39-38-56-58(59)50-30-16-18-32-54(50)67(56)49-28-14-5-15-29-49/h1-41H. The second kappa shape index (κ2) is 16.4. The molecule has 0 amide bonds. The lowest BCUT2D eigenvalue weighted by molar-refractivity contribution is 1.07. The maximum Gasteiger partial charge on any atom is 0.164 e. The van der Waals surface area contributed by atoms with Gasteiger partial charge in [0.1, 0.15) is 0 Å². The van der Waals surface area contributed by atoms with Crippen LogP contribution in [0, 0.1) is 0 Å². The Balaban J connectivity index is 1.11. The van der Waals surface area contributed by atoms with Crippen molar-refractivity contribution in [3.63, 3.8) is 0 Å². The monoisotopic (exact) mass is 867 g/mol. The first-order chi connectivity index (χ1) is 33.7. The number of hydrogen-bond acceptors (Lipinski definition) is 3. The molecule has 13 aromatic rings. The summed E-state index contributed by atoms with van der Waals surface area (Å²) in [5, 5.41) is 4.87. The van der Waals surface area contributed by atoms with Crippen molar-refractivity contribution in [3.8, 4) is 78.9 Å². The Labute approximate surface area is 393 Å². The molecule has 3 heterocycles. The Morgan fingerprint density at radius 1 is 0.250 bits per heavy atom. The van der Waals surface area contributed by atoms with E-state index in [1.807, 2.05) is 24.3 Å². The third kappa shape index (κ3) is 6.59. The summed E-state index contributed by atoms with van der Waals surface area (Å²) in [6.07, 6.45) is 0. The first-order valence-electron chi connectivity index (χ1n) is 23.0. The summed E-state index contributed by atoms with van der Waals surface area (Å²) in [4.78, 5) is 15.7. The fourth-order valence-corrected chi connectivity index (χ4v) is 10.1. The maximum absolute atomic E-state index is 5.32. The second-order valence-electron chi connectivity index (χ2n) is 17.2. The van der Waals surface area contributed by atoms with Gasteiger partial charge in [0.2, 0.25) is 0 Å². The van der Waals surface area contributed by atoms with E-state index in [4.69, 9.17) is 15.0 Å². The molecule has 5 nitrogen and oxygen atoms in total. The third-order valence-electron chi connectivity index (χ3n) is 13.2. The van der Waals surface area contributed by atoms with Gasteiger partial charge in [-0.25, -0.2) is 15.0 Å². The van der Waals surface area contributed by atoms with E-state index in [0.29, 0.717) is 17.5 Å². The highest BCUT2D eigenvalue weighted by molar-refractivity contribution is 6.29. The predicted octanol–water partition coefficient (Wildman–Crippen LogP) is 16.1. The largest absolute Gasteiger partial charge is 0.309 e. The van der Waals surface area contributed by atoms with Gasteiger partial charge in [-0.1, -0.05) is 200 Å². The zero-order chi connectivity index (χ0) is 45.0. The van der Waals surface area contributed by atoms with Crippen molar-refractivity contribution >= 4 is 43.6 Å². The summed E-state index contributed by atoms with van der Waals surface area (Å²) < 4.78 is 4.90. The molecule has 0 saturated heterocycles. The first-order valence-corrected chi connectivity index (χ1v) is 23.0. The highest BCUT2D eigenvalue weighted by atomic mass is 15.0. The molecule has 13 rings (SSSR count). The molecule has 5 heteroatoms. The zero-order valence-electron chi connectivity index (χ0n) is 36.9. The van der Waals surface area contributed by atoms with Gasteiger partial charge in [0.25, 0.3) is 0 Å². The van der Waals surface area contributed by atoms with Gasteiger partial charge in [-0.2, -0.15) is 0 Å². The van der Waals surface area contributed by atoms with Crippen LogP contribution >= 0.6 is 0 Å². The van der Waals surface area contributed by atoms with Crippen molar-refractivity contribution in [2.75, 3.05) is 0 Å². The molecule has 0 radical (unpaired) electrons. The second-order valence-corrected chi connectivity index (χ2v) is 17.2. The molecule has 0 aliphatic rings. The SMILES string of the molecule is c1ccc(-c2ccc(-c3nc(-c4ccccc4)nc(-c4cc(-c5ccccc5)c(-n5c6ccccc6c6c7c8ccccc8n(-c8ccccc8)c7ccc65)c(-c5ccccc5)c4)n3)cc2)cc1. The smallest absolute Gasteiger partial charge is 0.164 e. The molecule has 0 aliphatic heterocycles. The average molecular weight is 868 g/mol. The van der Waals surface area contributed by atoms with Crippen LogP contribution < -0.4 is 0 Å². The average Bonchev–Trinajstić information content (AvgIpc) is 3.94. The van der Waals surface area contributed by atoms with E-state index in [9.17, 15) is 0 Å². The maximum atomic E-state index is 5.32. The minimum atomic E-state index is 0.597. The lowest BCUT2D eigenvalue weighted by Crippen LogP contribution is -2.04. The summed E-state index contributed by atoms with van der Waals surface area (Å²) in [6.45, 7) is 0. The fourth-order valence-electron chi connectivity index (χ4n) is 10.1. The van der Waals surface area contributed by atoms with E-state index in [-0.39, 0.29) is 0 Å². The van der Waals surface area contributed by atoms with Crippen molar-refractivity contribution in [2.45, 2.75) is 0 Å². The molecule has 0 fully saturated rings. The number of fused-ring (bicyclic) bond motifs is 7. The summed E-state index contributed by atoms with van der Waals surface area (Å²) in [7, 11) is 0. The molecule has 0 bridgehead atoms. The normalized spacial score (nSPS) is 11.5. The number of benzene rings is 10. The van der Waals surface area contributed by atoms with E-state index in [2.05, 4.69) is 234 Å². The summed E-state index contributed by atoms with van der Waals surface area (Å²) in [5.41, 5.74) is 16.1. The Kier molecular flexibility index (Phi) is 9.43. The topological polar surface area (TPSA) is 48.5 Å². The van der Waals surface area contributed by atoms with Crippen LogP contribution in [0.15, 0.2) is 249 Å². The van der Waals surface area contributed by atoms with E-state index in [0.717, 1.165) is 72.5 Å². The van der Waals surface area contributed by atoms with Crippen molar-refractivity contribution < 1.29 is 0 Å². The molecule has 0 N–H and O–H groups in total. The third-order valence-corrected chi connectivity index (χ3v) is 13.2. The van der Waals surface area contributed by atoms with Gasteiger partial charge in [0.05, 0.1) is 27.8 Å². The number of aromatic nitrogens is 5. The van der Waals surface area contributed by atoms with Crippen molar-refractivity contribution in [1.82, 2.24) is 24.1 Å². The Hall–Kier alpha value is -9.19. The van der Waals surface area contributed by atoms with Crippen molar-refractivity contribution in [2.24, 2.45) is 0 Å². The minimum Gasteiger partial charge on any atom is -0.309 e. The highest BCUT2D eigenvalue weighted by Gasteiger charge is 2.25. The molecule has 3 aromatic heterocycles. The molecule has 0 unspecified atom stereocenters. The summed E-state index contributed by atoms with van der Waals surface area (Å²) in [6, 6.07) is 88.2. The van der Waals surface area contributed by atoms with Gasteiger partial charge in [-0.05, 0) is 70.8 Å². The van der Waals surface area contributed by atoms with Crippen LogP contribution in [0.1, 0.15) is 0 Å². The molecule has 10 aromatic carbocycles. The van der Waals surface area contributed by atoms with E-state index in [1.165, 1.54) is 32.6 Å². The molecule has 318 valence electrons. The van der Waals surface area contributed by atoms with Crippen molar-refractivity contribution in [3.05, 3.63) is 249 Å². The van der Waals surface area contributed by atoms with Gasteiger partial charge in [-0.15, -0.1) is 0 Å². The van der Waals surface area contributed by atoms with Crippen LogP contribution in [0.25, 0.3) is 123 Å². The Bertz CT molecular complexity index is 3910. The number of hydrogen-bond donors (Lipinski definition) is 0. The summed E-state index contributed by atoms with van der Waals surface area (Å²) in [5.74, 6) is 1.83. The lowest BCUT2D eigenvalue weighted by Gasteiger charge is -2.21. The highest BCUT2D eigenvalue weighted by Crippen LogP contribution is 2.47. The quantitative estimate of drug-likeness (QED) is 0.153. The molecule has 0 aliphatic carbocycles. The molecule has 0 spiro atoms. The summed E-state index contributed by atoms with van der Waals surface area (Å²) >= 11 is 0. The number of nitrogens with zero attached hydrogens (tertiary/aromatic N) is 5. The number of para-hydroxylation sites is 3. The van der Waals surface area contributed by atoms with Gasteiger partial charge < -0.3 is 9.13 Å². The van der Waals surface area contributed by atoms with Gasteiger partial charge in [-0.3, -0.25) is 0 Å². The lowest BCUT2D eigenvalue weighted by atomic mass is 9.92. The minimum absolute atomic E-state index is 0.597. The van der Waals surface area contributed by atoms with E-state index >= 15 is 0 Å². The number of rotatable bonds is 8. The zero-order valence-corrected chi connectivity index (χ0v) is 36.9. The van der Waals surface area contributed by atoms with Gasteiger partial charge in [0.15, 0.2) is 17.5 Å². The van der Waals surface area contributed by atoms with Crippen molar-refractivity contribution in [1.29, 1.82) is 0 Å². The van der Waals surface area contributed by atoms with E-state index < -0.39 is 0 Å². The van der Waals surface area contributed by atoms with Crippen LogP contribution in [0.2, 0.25) is 0 Å². The van der Waals surface area contributed by atoms with Crippen LogP contribution in [0.3, 0.4) is 0 Å². The molecule has 68 heavy (non-hydrogen) atoms. The molecule has 0 saturated carbocycles. The Morgan fingerprint density at radius 3 is 1.12 bits per heavy atom. The molecular weight excluding hydrogens is 827 g/mol. The molecular formula is C63H41N5. The fraction of sp³-hybridized carbons (Fsp3) is 0. The van der Waals surface area contributed by atoms with Crippen LogP contribution in [-0.4, -0.2) is 24.1 Å². The van der Waals surface area contributed by atoms with E-state index in [1.54, 1.807) is 0 Å². The Morgan fingerprint density at radius 2 is 0.603 bits per heavy atom. The van der Waals surface area contributed by atoms with Crippen LogP contribution in [0.4, 0.5) is 0 Å². The van der Waals surface area contributed by atoms with Crippen LogP contribution in [-0.2, 0) is 0 Å².